The summed E-state index contributed by atoms with van der Waals surface area (Å²) in [6, 6.07) is 2.04. The van der Waals surface area contributed by atoms with Gasteiger partial charge in [-0.25, -0.2) is 9.59 Å². The van der Waals surface area contributed by atoms with Gasteiger partial charge in [0.25, 0.3) is 5.56 Å². The van der Waals surface area contributed by atoms with Gasteiger partial charge in [0.2, 0.25) is 0 Å². The smallest absolute Gasteiger partial charge is 0.341 e. The van der Waals surface area contributed by atoms with E-state index in [1.807, 2.05) is 22.2 Å². The molecule has 2 N–H and O–H groups in total. The van der Waals surface area contributed by atoms with Gasteiger partial charge in [0.1, 0.15) is 11.3 Å². The predicted molar refractivity (Wildman–Crippen MR) is 114 cm³/mol. The Kier molecular flexibility index (Phi) is 5.07. The van der Waals surface area contributed by atoms with Gasteiger partial charge in [0.15, 0.2) is 0 Å². The Morgan fingerprint density at radius 1 is 1.30 bits per heavy atom. The molecule has 1 fully saturated rings. The van der Waals surface area contributed by atoms with Crippen LogP contribution in [0.3, 0.4) is 0 Å². The standard InChI is InChI=1S/C20H17N3O5S.CH4/c24-16-6-14(22-28-16)15-5-10(9-29-15)13-8-23(11-3-1-2-4-11)18-12(20(26)27)7-21-19(25)17(13)18;/h5,7-9,11H,1-4,6H2,(H,21,25)(H,26,27);1H4. The highest BCUT2D eigenvalue weighted by molar-refractivity contribution is 7.12. The quantitative estimate of drug-likeness (QED) is 0.607. The minimum absolute atomic E-state index is 0. The number of carboxylic acid groups (broad SMARTS) is 1. The topological polar surface area (TPSA) is 114 Å². The first-order valence-electron chi connectivity index (χ1n) is 9.38. The molecule has 9 heteroatoms. The summed E-state index contributed by atoms with van der Waals surface area (Å²) in [6.07, 6.45) is 7.38. The summed E-state index contributed by atoms with van der Waals surface area (Å²) in [6.45, 7) is 0. The van der Waals surface area contributed by atoms with E-state index in [0.717, 1.165) is 36.1 Å². The first kappa shape index (κ1) is 20.1. The number of aromatic nitrogens is 2. The van der Waals surface area contributed by atoms with Gasteiger partial charge in [-0.15, -0.1) is 11.3 Å². The Balaban J connectivity index is 0.00000218. The van der Waals surface area contributed by atoms with E-state index in [-0.39, 0.29) is 31.0 Å². The zero-order chi connectivity index (χ0) is 20.1. The van der Waals surface area contributed by atoms with Crippen molar-refractivity contribution in [1.29, 1.82) is 0 Å². The molecule has 0 unspecified atom stereocenters. The van der Waals surface area contributed by atoms with Gasteiger partial charge in [-0.2, -0.15) is 0 Å². The molecule has 3 aromatic rings. The molecule has 156 valence electrons. The lowest BCUT2D eigenvalue weighted by molar-refractivity contribution is -0.140. The van der Waals surface area contributed by atoms with Gasteiger partial charge in [-0.05, 0) is 29.9 Å². The van der Waals surface area contributed by atoms with Crippen molar-refractivity contribution in [2.75, 3.05) is 0 Å². The van der Waals surface area contributed by atoms with E-state index >= 15 is 0 Å². The van der Waals surface area contributed by atoms with E-state index in [1.54, 1.807) is 0 Å². The number of fused-ring (bicyclic) bond motifs is 1. The minimum atomic E-state index is -1.07. The van der Waals surface area contributed by atoms with Crippen molar-refractivity contribution in [1.82, 2.24) is 9.55 Å². The van der Waals surface area contributed by atoms with Crippen LogP contribution in [0, 0.1) is 0 Å². The summed E-state index contributed by atoms with van der Waals surface area (Å²) in [5, 5.41) is 15.8. The molecule has 0 amide bonds. The van der Waals surface area contributed by atoms with Crippen molar-refractivity contribution in [2.45, 2.75) is 45.6 Å². The number of carbonyl (C=O) groups is 2. The van der Waals surface area contributed by atoms with Crippen molar-refractivity contribution in [3.05, 3.63) is 44.6 Å². The molecule has 0 spiro atoms. The second kappa shape index (κ2) is 7.56. The van der Waals surface area contributed by atoms with Gasteiger partial charge in [-0.3, -0.25) is 4.79 Å². The third kappa shape index (κ3) is 3.15. The third-order valence-electron chi connectivity index (χ3n) is 5.58. The number of pyridine rings is 1. The van der Waals surface area contributed by atoms with E-state index in [1.165, 1.54) is 17.5 Å². The van der Waals surface area contributed by atoms with Crippen LogP contribution in [0.25, 0.3) is 22.0 Å². The van der Waals surface area contributed by atoms with Crippen LogP contribution in [0.15, 0.2) is 33.8 Å². The lowest BCUT2D eigenvalue weighted by atomic mass is 10.1. The maximum atomic E-state index is 12.7. The lowest BCUT2D eigenvalue weighted by Crippen LogP contribution is -2.13. The molecule has 1 aliphatic heterocycles. The molecule has 0 aromatic carbocycles. The maximum absolute atomic E-state index is 12.7. The average molecular weight is 427 g/mol. The number of aromatic amines is 1. The Morgan fingerprint density at radius 3 is 2.73 bits per heavy atom. The van der Waals surface area contributed by atoms with Gasteiger partial charge >= 0.3 is 11.9 Å². The summed E-state index contributed by atoms with van der Waals surface area (Å²) in [5.41, 5.74) is 2.28. The normalized spacial score (nSPS) is 16.5. The summed E-state index contributed by atoms with van der Waals surface area (Å²) < 4.78 is 1.97. The van der Waals surface area contributed by atoms with Gasteiger partial charge in [0.05, 0.1) is 22.2 Å². The van der Waals surface area contributed by atoms with E-state index < -0.39 is 11.9 Å². The molecule has 0 radical (unpaired) electrons. The summed E-state index contributed by atoms with van der Waals surface area (Å²) in [7, 11) is 0. The number of hydrogen-bond acceptors (Lipinski definition) is 6. The van der Waals surface area contributed by atoms with E-state index in [0.29, 0.717) is 22.2 Å². The number of rotatable bonds is 4. The van der Waals surface area contributed by atoms with Crippen molar-refractivity contribution < 1.29 is 19.5 Å². The van der Waals surface area contributed by atoms with Gasteiger partial charge in [-0.1, -0.05) is 25.4 Å². The van der Waals surface area contributed by atoms with Crippen LogP contribution >= 0.6 is 11.3 Å². The molecule has 0 atom stereocenters. The Labute approximate surface area is 175 Å². The van der Waals surface area contributed by atoms with Crippen LogP contribution in [0.2, 0.25) is 0 Å². The average Bonchev–Trinajstić information content (AvgIpc) is 3.47. The third-order valence-corrected chi connectivity index (χ3v) is 6.55. The lowest BCUT2D eigenvalue weighted by Gasteiger charge is -2.14. The summed E-state index contributed by atoms with van der Waals surface area (Å²) >= 11 is 1.41. The molecular formula is C21H21N3O5S. The molecule has 8 nitrogen and oxygen atoms in total. The first-order chi connectivity index (χ1) is 14.0. The second-order valence-corrected chi connectivity index (χ2v) is 8.24. The van der Waals surface area contributed by atoms with Crippen LogP contribution in [-0.4, -0.2) is 32.3 Å². The van der Waals surface area contributed by atoms with Crippen LogP contribution in [0.1, 0.15) is 60.8 Å². The number of nitrogens with zero attached hydrogens (tertiary/aromatic N) is 2. The zero-order valence-corrected chi connectivity index (χ0v) is 16.1. The molecular weight excluding hydrogens is 406 g/mol. The number of carbonyl (C=O) groups excluding carboxylic acids is 1. The molecule has 0 saturated heterocycles. The molecule has 30 heavy (non-hydrogen) atoms. The van der Waals surface area contributed by atoms with Gasteiger partial charge < -0.3 is 19.5 Å². The van der Waals surface area contributed by atoms with Crippen molar-refractivity contribution >= 4 is 39.9 Å². The molecule has 0 bridgehead atoms. The summed E-state index contributed by atoms with van der Waals surface area (Å²) in [4.78, 5) is 44.0. The highest BCUT2D eigenvalue weighted by Gasteiger charge is 2.27. The van der Waals surface area contributed by atoms with Crippen molar-refractivity contribution in [2.24, 2.45) is 5.16 Å². The molecule has 5 rings (SSSR count). The summed E-state index contributed by atoms with van der Waals surface area (Å²) in [5.74, 6) is -1.47. The minimum Gasteiger partial charge on any atom is -0.478 e. The Morgan fingerprint density at radius 2 is 2.07 bits per heavy atom. The maximum Gasteiger partial charge on any atom is 0.341 e. The number of thiophene rings is 1. The van der Waals surface area contributed by atoms with Crippen LogP contribution in [0.4, 0.5) is 0 Å². The fourth-order valence-electron chi connectivity index (χ4n) is 4.23. The highest BCUT2D eigenvalue weighted by atomic mass is 32.1. The van der Waals surface area contributed by atoms with Crippen molar-refractivity contribution in [3.8, 4) is 11.1 Å². The van der Waals surface area contributed by atoms with E-state index in [4.69, 9.17) is 0 Å². The SMILES string of the molecule is C.O=C1CC(c2cc(-c3cn(C4CCCC4)c4c(C(=O)O)c[nH]c(=O)c34)cs2)=NO1. The molecule has 3 aromatic heterocycles. The molecule has 2 aliphatic rings. The van der Waals surface area contributed by atoms with E-state index in [2.05, 4.69) is 15.0 Å². The van der Waals surface area contributed by atoms with Crippen molar-refractivity contribution in [3.63, 3.8) is 0 Å². The number of oxime groups is 1. The number of nitrogens with one attached hydrogen (secondary N) is 1. The van der Waals surface area contributed by atoms with Gasteiger partial charge in [0, 0.05) is 24.0 Å². The fraction of sp³-hybridized carbons (Fsp3) is 0.333. The predicted octanol–water partition coefficient (Wildman–Crippen LogP) is 4.16. The van der Waals surface area contributed by atoms with Crippen LogP contribution in [0.5, 0.6) is 0 Å². The zero-order valence-electron chi connectivity index (χ0n) is 15.3. The number of hydrogen-bond donors (Lipinski definition) is 2. The Hall–Kier alpha value is -3.20. The van der Waals surface area contributed by atoms with Crippen LogP contribution in [-0.2, 0) is 9.63 Å². The fourth-order valence-corrected chi connectivity index (χ4v) is 5.12. The number of aromatic carboxylic acids is 1. The number of carboxylic acids is 1. The van der Waals surface area contributed by atoms with E-state index in [9.17, 15) is 19.5 Å². The highest BCUT2D eigenvalue weighted by Crippen LogP contribution is 2.39. The number of H-pyrrole nitrogens is 1. The molecule has 1 saturated carbocycles. The first-order valence-corrected chi connectivity index (χ1v) is 10.3. The second-order valence-electron chi connectivity index (χ2n) is 7.33. The van der Waals surface area contributed by atoms with Crippen LogP contribution < -0.4 is 5.56 Å². The monoisotopic (exact) mass is 427 g/mol. The molecule has 4 heterocycles. The largest absolute Gasteiger partial charge is 0.478 e. The molecule has 1 aliphatic carbocycles. The Bertz CT molecular complexity index is 1240.